The van der Waals surface area contributed by atoms with Gasteiger partial charge in [0.15, 0.2) is 11.5 Å². The molecular formula is C28H31N3O5S. The number of methoxy groups -OCH3 is 1. The summed E-state index contributed by atoms with van der Waals surface area (Å²) in [6, 6.07) is 19.4. The van der Waals surface area contributed by atoms with Gasteiger partial charge >= 0.3 is 6.09 Å². The summed E-state index contributed by atoms with van der Waals surface area (Å²) in [6.07, 6.45) is 5.65. The van der Waals surface area contributed by atoms with Crippen molar-refractivity contribution in [2.24, 2.45) is 0 Å². The number of carbonyl (C=O) groups excluding carboxylic acids is 2. The number of phenols is 1. The van der Waals surface area contributed by atoms with Crippen molar-refractivity contribution >= 4 is 40.8 Å². The Morgan fingerprint density at radius 2 is 1.84 bits per heavy atom. The number of rotatable bonds is 11. The Hall–Kier alpha value is -4.11. The molecule has 0 aliphatic carbocycles. The van der Waals surface area contributed by atoms with Gasteiger partial charge in [0.25, 0.3) is 0 Å². The van der Waals surface area contributed by atoms with E-state index in [0.29, 0.717) is 47.6 Å². The van der Waals surface area contributed by atoms with E-state index in [1.807, 2.05) is 18.4 Å². The summed E-state index contributed by atoms with van der Waals surface area (Å²) in [7, 11) is 1.47. The molecule has 0 bridgehead atoms. The zero-order valence-electron chi connectivity index (χ0n) is 20.8. The highest BCUT2D eigenvalue weighted by molar-refractivity contribution is 7.98. The van der Waals surface area contributed by atoms with Crippen LogP contribution in [-0.2, 0) is 9.53 Å². The van der Waals surface area contributed by atoms with Gasteiger partial charge in [0, 0.05) is 10.6 Å². The van der Waals surface area contributed by atoms with Crippen molar-refractivity contribution in [2.75, 3.05) is 29.7 Å². The van der Waals surface area contributed by atoms with E-state index in [-0.39, 0.29) is 11.7 Å². The molecule has 0 aliphatic heterocycles. The molecule has 0 aliphatic rings. The van der Waals surface area contributed by atoms with Crippen LogP contribution in [0.15, 0.2) is 83.8 Å². The number of hydrogen-bond donors (Lipinski definition) is 4. The van der Waals surface area contributed by atoms with E-state index in [1.165, 1.54) is 19.3 Å². The molecule has 0 fully saturated rings. The summed E-state index contributed by atoms with van der Waals surface area (Å²) in [5, 5.41) is 15.7. The van der Waals surface area contributed by atoms with Gasteiger partial charge in [-0.1, -0.05) is 24.3 Å². The Bertz CT molecular complexity index is 1230. The maximum Gasteiger partial charge on any atom is 0.412 e. The highest BCUT2D eigenvalue weighted by Crippen LogP contribution is 2.32. The molecule has 194 valence electrons. The van der Waals surface area contributed by atoms with Gasteiger partial charge in [-0.15, -0.1) is 11.8 Å². The Morgan fingerprint density at radius 3 is 2.51 bits per heavy atom. The van der Waals surface area contributed by atoms with Crippen LogP contribution < -0.4 is 21.1 Å². The first kappa shape index (κ1) is 27.5. The van der Waals surface area contributed by atoms with Gasteiger partial charge in [0.1, 0.15) is 6.10 Å². The Morgan fingerprint density at radius 1 is 1.08 bits per heavy atom. The van der Waals surface area contributed by atoms with Gasteiger partial charge in [0.2, 0.25) is 5.91 Å². The van der Waals surface area contributed by atoms with Gasteiger partial charge in [-0.3, -0.25) is 10.1 Å². The second-order valence-electron chi connectivity index (χ2n) is 8.09. The van der Waals surface area contributed by atoms with E-state index in [1.54, 1.807) is 66.4 Å². The highest BCUT2D eigenvalue weighted by atomic mass is 32.2. The molecule has 0 unspecified atom stereocenters. The number of unbranched alkanes of at least 4 members (excludes halogenated alkanes) is 1. The average molecular weight is 522 g/mol. The lowest BCUT2D eigenvalue weighted by molar-refractivity contribution is -0.111. The van der Waals surface area contributed by atoms with E-state index in [4.69, 9.17) is 15.2 Å². The number of nitrogen functional groups attached to an aromatic ring is 1. The number of ether oxygens (including phenoxy) is 2. The number of thioether (sulfide) groups is 1. The van der Waals surface area contributed by atoms with Gasteiger partial charge < -0.3 is 25.6 Å². The first-order valence-electron chi connectivity index (χ1n) is 11.7. The minimum absolute atomic E-state index is 0.0431. The minimum atomic E-state index is -0.617. The van der Waals surface area contributed by atoms with Crippen LogP contribution >= 0.6 is 11.8 Å². The highest BCUT2D eigenvalue weighted by Gasteiger charge is 2.18. The molecule has 0 spiro atoms. The molecule has 1 atom stereocenters. The number of nitrogens with two attached hydrogens (primary N) is 1. The molecule has 0 aromatic heterocycles. The second-order valence-corrected chi connectivity index (χ2v) is 8.97. The van der Waals surface area contributed by atoms with Gasteiger partial charge in [-0.2, -0.15) is 0 Å². The van der Waals surface area contributed by atoms with Crippen LogP contribution in [0.3, 0.4) is 0 Å². The van der Waals surface area contributed by atoms with Crippen molar-refractivity contribution in [1.82, 2.24) is 0 Å². The summed E-state index contributed by atoms with van der Waals surface area (Å²) >= 11 is 1.61. The molecule has 0 heterocycles. The molecule has 3 aromatic carbocycles. The SMILES string of the molecule is COc1ccc([C@H](CCC/C=C/C(=O)Nc2ccccc2N)OC(=O)Nc2ccc(SC)cc2)cc1O. The molecule has 9 heteroatoms. The molecule has 0 saturated carbocycles. The topological polar surface area (TPSA) is 123 Å². The van der Waals surface area contributed by atoms with Crippen molar-refractivity contribution in [1.29, 1.82) is 0 Å². The van der Waals surface area contributed by atoms with E-state index in [2.05, 4.69) is 10.6 Å². The van der Waals surface area contributed by atoms with E-state index in [0.717, 1.165) is 4.90 Å². The monoisotopic (exact) mass is 521 g/mol. The van der Waals surface area contributed by atoms with E-state index in [9.17, 15) is 14.7 Å². The largest absolute Gasteiger partial charge is 0.504 e. The van der Waals surface area contributed by atoms with Gasteiger partial charge in [0.05, 0.1) is 18.5 Å². The summed E-state index contributed by atoms with van der Waals surface area (Å²) in [5.41, 5.74) is 8.15. The summed E-state index contributed by atoms with van der Waals surface area (Å²) in [6.45, 7) is 0. The minimum Gasteiger partial charge on any atom is -0.504 e. The molecule has 3 rings (SSSR count). The van der Waals surface area contributed by atoms with Crippen LogP contribution in [0.4, 0.5) is 21.9 Å². The second kappa shape index (κ2) is 13.8. The van der Waals surface area contributed by atoms with Crippen LogP contribution in [-0.4, -0.2) is 30.5 Å². The smallest absolute Gasteiger partial charge is 0.412 e. The van der Waals surface area contributed by atoms with Crippen molar-refractivity contribution < 1.29 is 24.2 Å². The van der Waals surface area contributed by atoms with Crippen molar-refractivity contribution in [3.05, 3.63) is 84.4 Å². The van der Waals surface area contributed by atoms with Crippen LogP contribution in [0.25, 0.3) is 0 Å². The summed E-state index contributed by atoms with van der Waals surface area (Å²) < 4.78 is 10.8. The maximum atomic E-state index is 12.6. The van der Waals surface area contributed by atoms with Gasteiger partial charge in [-0.25, -0.2) is 4.79 Å². The number of nitrogens with one attached hydrogen (secondary N) is 2. The third-order valence-electron chi connectivity index (χ3n) is 5.49. The first-order chi connectivity index (χ1) is 17.9. The van der Waals surface area contributed by atoms with Crippen LogP contribution in [0.5, 0.6) is 11.5 Å². The van der Waals surface area contributed by atoms with Gasteiger partial charge in [-0.05, 0) is 85.7 Å². The normalized spacial score (nSPS) is 11.6. The Kier molecular flexibility index (Phi) is 10.3. The zero-order valence-corrected chi connectivity index (χ0v) is 21.6. The molecule has 0 radical (unpaired) electrons. The molecule has 3 aromatic rings. The first-order valence-corrected chi connectivity index (χ1v) is 12.9. The predicted molar refractivity (Wildman–Crippen MR) is 148 cm³/mol. The quantitative estimate of drug-likeness (QED) is 0.100. The zero-order chi connectivity index (χ0) is 26.6. The summed E-state index contributed by atoms with van der Waals surface area (Å²) in [4.78, 5) is 25.9. The number of amides is 2. The van der Waals surface area contributed by atoms with Crippen LogP contribution in [0, 0.1) is 0 Å². The number of aromatic hydroxyl groups is 1. The van der Waals surface area contributed by atoms with E-state index < -0.39 is 12.2 Å². The number of carbonyl (C=O) groups is 2. The number of benzene rings is 3. The fourth-order valence-corrected chi connectivity index (χ4v) is 3.96. The number of para-hydroxylation sites is 2. The number of allylic oxidation sites excluding steroid dienone is 1. The third-order valence-corrected chi connectivity index (χ3v) is 6.23. The number of anilines is 3. The lowest BCUT2D eigenvalue weighted by atomic mass is 10.0. The fraction of sp³-hybridized carbons (Fsp3) is 0.214. The number of phenolic OH excluding ortho intramolecular Hbond substituents is 1. The molecule has 0 saturated heterocycles. The molecule has 8 nitrogen and oxygen atoms in total. The standard InChI is InChI=1S/C28H31N3O5S/c1-35-26-17-12-19(18-24(26)32)25(36-28(34)30-20-13-15-21(37-2)16-14-20)10-4-3-5-11-27(33)31-23-9-7-6-8-22(23)29/h5-9,11-18,25,32H,3-4,10,29H2,1-2H3,(H,30,34)(H,31,33)/b11-5+/t25-/m0/s1. The molecule has 5 N–H and O–H groups in total. The maximum absolute atomic E-state index is 12.6. The Balaban J connectivity index is 1.60. The van der Waals surface area contributed by atoms with Crippen molar-refractivity contribution in [3.8, 4) is 11.5 Å². The molecule has 37 heavy (non-hydrogen) atoms. The number of hydrogen-bond acceptors (Lipinski definition) is 7. The van der Waals surface area contributed by atoms with Crippen molar-refractivity contribution in [2.45, 2.75) is 30.3 Å². The molecular weight excluding hydrogens is 490 g/mol. The lowest BCUT2D eigenvalue weighted by Crippen LogP contribution is -2.17. The summed E-state index contributed by atoms with van der Waals surface area (Å²) in [5.74, 6) is 0.00453. The molecule has 2 amide bonds. The van der Waals surface area contributed by atoms with Crippen LogP contribution in [0.1, 0.15) is 30.9 Å². The fourth-order valence-electron chi connectivity index (χ4n) is 3.55. The van der Waals surface area contributed by atoms with Crippen LogP contribution in [0.2, 0.25) is 0 Å². The lowest BCUT2D eigenvalue weighted by Gasteiger charge is -2.19. The Labute approximate surface area is 220 Å². The average Bonchev–Trinajstić information content (AvgIpc) is 2.89. The van der Waals surface area contributed by atoms with Crippen molar-refractivity contribution in [3.63, 3.8) is 0 Å². The third kappa shape index (κ3) is 8.50. The van der Waals surface area contributed by atoms with E-state index >= 15 is 0 Å². The predicted octanol–water partition coefficient (Wildman–Crippen LogP) is 6.36.